The third-order valence-electron chi connectivity index (χ3n) is 2.92. The first-order valence-corrected chi connectivity index (χ1v) is 6.65. The van der Waals surface area contributed by atoms with Crippen LogP contribution in [-0.4, -0.2) is 41.4 Å². The lowest BCUT2D eigenvalue weighted by Crippen LogP contribution is -2.40. The fourth-order valence-electron chi connectivity index (χ4n) is 1.66. The Kier molecular flexibility index (Phi) is 4.81. The topological polar surface area (TPSA) is 78.6 Å². The summed E-state index contributed by atoms with van der Waals surface area (Å²) in [5.74, 6) is 1.11. The van der Waals surface area contributed by atoms with E-state index in [0.29, 0.717) is 18.1 Å². The molecule has 114 valence electrons. The van der Waals surface area contributed by atoms with E-state index in [9.17, 15) is 9.90 Å². The fraction of sp³-hybridized carbons (Fsp3) is 0.714. The number of aliphatic hydroxyl groups excluding tert-OH is 1. The number of amides is 2. The van der Waals surface area contributed by atoms with E-state index in [1.807, 2.05) is 34.6 Å². The van der Waals surface area contributed by atoms with Gasteiger partial charge in [-0.05, 0) is 0 Å². The molecule has 0 saturated carbocycles. The standard InChI is InChI=1S/C14H25N3O3/c1-13(2,3)10-7-11(16-20-10)15-12(19)17(6)8-14(4,5)9-18/h7,18H,8-9H2,1-6H3,(H,15,16,19). The maximum absolute atomic E-state index is 12.0. The van der Waals surface area contributed by atoms with Gasteiger partial charge in [-0.1, -0.05) is 39.8 Å². The Bertz CT molecular complexity index is 460. The SMILES string of the molecule is CN(CC(C)(C)CO)C(=O)Nc1cc(C(C)(C)C)on1. The largest absolute Gasteiger partial charge is 0.396 e. The van der Waals surface area contributed by atoms with Crippen molar-refractivity contribution in [1.82, 2.24) is 10.1 Å². The van der Waals surface area contributed by atoms with Gasteiger partial charge in [0.25, 0.3) is 0 Å². The number of urea groups is 1. The van der Waals surface area contributed by atoms with Gasteiger partial charge >= 0.3 is 6.03 Å². The van der Waals surface area contributed by atoms with Crippen LogP contribution >= 0.6 is 0 Å². The molecule has 0 fully saturated rings. The second-order valence-corrected chi connectivity index (χ2v) is 6.93. The minimum Gasteiger partial charge on any atom is -0.396 e. The first-order chi connectivity index (χ1) is 9.05. The van der Waals surface area contributed by atoms with Gasteiger partial charge in [-0.2, -0.15) is 0 Å². The zero-order valence-corrected chi connectivity index (χ0v) is 13.1. The second-order valence-electron chi connectivity index (χ2n) is 6.93. The Morgan fingerprint density at radius 2 is 2.00 bits per heavy atom. The summed E-state index contributed by atoms with van der Waals surface area (Å²) in [5, 5.41) is 15.7. The molecule has 0 bridgehead atoms. The summed E-state index contributed by atoms with van der Waals surface area (Å²) in [6, 6.07) is 1.45. The van der Waals surface area contributed by atoms with Crippen molar-refractivity contribution < 1.29 is 14.4 Å². The number of carbonyl (C=O) groups is 1. The lowest BCUT2D eigenvalue weighted by atomic mass is 9.93. The summed E-state index contributed by atoms with van der Waals surface area (Å²) < 4.78 is 5.21. The molecule has 0 saturated heterocycles. The van der Waals surface area contributed by atoms with E-state index in [-0.39, 0.29) is 23.5 Å². The highest BCUT2D eigenvalue weighted by Crippen LogP contribution is 2.24. The van der Waals surface area contributed by atoms with E-state index < -0.39 is 0 Å². The number of rotatable bonds is 4. The molecule has 0 unspecified atom stereocenters. The summed E-state index contributed by atoms with van der Waals surface area (Å²) in [5.41, 5.74) is -0.493. The molecule has 2 amide bonds. The molecular formula is C14H25N3O3. The zero-order chi connectivity index (χ0) is 15.6. The van der Waals surface area contributed by atoms with Crippen LogP contribution in [0, 0.1) is 5.41 Å². The number of nitrogens with zero attached hydrogens (tertiary/aromatic N) is 2. The van der Waals surface area contributed by atoms with Crippen LogP contribution in [0.2, 0.25) is 0 Å². The van der Waals surface area contributed by atoms with Crippen LogP contribution in [-0.2, 0) is 5.41 Å². The lowest BCUT2D eigenvalue weighted by Gasteiger charge is -2.28. The number of aromatic nitrogens is 1. The van der Waals surface area contributed by atoms with Crippen molar-refractivity contribution in [3.8, 4) is 0 Å². The molecule has 6 nitrogen and oxygen atoms in total. The van der Waals surface area contributed by atoms with Crippen molar-refractivity contribution in [3.05, 3.63) is 11.8 Å². The van der Waals surface area contributed by atoms with Gasteiger partial charge in [-0.3, -0.25) is 5.32 Å². The van der Waals surface area contributed by atoms with Gasteiger partial charge in [0.05, 0.1) is 0 Å². The minimum atomic E-state index is -0.341. The number of carbonyl (C=O) groups excluding carboxylic acids is 1. The number of nitrogens with one attached hydrogen (secondary N) is 1. The Labute approximate surface area is 120 Å². The molecule has 0 aromatic carbocycles. The lowest BCUT2D eigenvalue weighted by molar-refractivity contribution is 0.125. The number of hydrogen-bond acceptors (Lipinski definition) is 4. The summed E-state index contributed by atoms with van der Waals surface area (Å²) in [6.07, 6.45) is 0. The van der Waals surface area contributed by atoms with Crippen LogP contribution in [0.25, 0.3) is 0 Å². The molecule has 0 spiro atoms. The van der Waals surface area contributed by atoms with Crippen LogP contribution in [0.1, 0.15) is 40.4 Å². The van der Waals surface area contributed by atoms with Crippen LogP contribution in [0.15, 0.2) is 10.6 Å². The number of hydrogen-bond donors (Lipinski definition) is 2. The molecule has 0 aliphatic carbocycles. The molecule has 6 heteroatoms. The average molecular weight is 283 g/mol. The monoisotopic (exact) mass is 283 g/mol. The van der Waals surface area contributed by atoms with E-state index in [4.69, 9.17) is 4.52 Å². The van der Waals surface area contributed by atoms with Crippen molar-refractivity contribution >= 4 is 11.8 Å². The van der Waals surface area contributed by atoms with E-state index in [1.54, 1.807) is 13.1 Å². The van der Waals surface area contributed by atoms with Crippen molar-refractivity contribution in [2.45, 2.75) is 40.0 Å². The molecule has 0 atom stereocenters. The average Bonchev–Trinajstić information content (AvgIpc) is 2.76. The Balaban J connectivity index is 2.65. The van der Waals surface area contributed by atoms with E-state index in [0.717, 1.165) is 0 Å². The predicted molar refractivity (Wildman–Crippen MR) is 77.7 cm³/mol. The van der Waals surface area contributed by atoms with Gasteiger partial charge in [-0.25, -0.2) is 4.79 Å². The van der Waals surface area contributed by atoms with Crippen LogP contribution in [0.4, 0.5) is 10.6 Å². The van der Waals surface area contributed by atoms with Gasteiger partial charge < -0.3 is 14.5 Å². The Morgan fingerprint density at radius 1 is 1.40 bits per heavy atom. The molecule has 1 heterocycles. The summed E-state index contributed by atoms with van der Waals surface area (Å²) in [6.45, 7) is 10.3. The third kappa shape index (κ3) is 4.52. The quantitative estimate of drug-likeness (QED) is 0.889. The summed E-state index contributed by atoms with van der Waals surface area (Å²) >= 11 is 0. The second kappa shape index (κ2) is 5.83. The molecular weight excluding hydrogens is 258 g/mol. The van der Waals surface area contributed by atoms with Crippen LogP contribution in [0.3, 0.4) is 0 Å². The van der Waals surface area contributed by atoms with E-state index >= 15 is 0 Å². The molecule has 0 radical (unpaired) electrons. The third-order valence-corrected chi connectivity index (χ3v) is 2.92. The van der Waals surface area contributed by atoms with Gasteiger partial charge in [0.2, 0.25) is 0 Å². The Morgan fingerprint density at radius 3 is 2.45 bits per heavy atom. The highest BCUT2D eigenvalue weighted by Gasteiger charge is 2.24. The molecule has 1 rings (SSSR count). The predicted octanol–water partition coefficient (Wildman–Crippen LogP) is 2.45. The maximum Gasteiger partial charge on any atom is 0.322 e. The van der Waals surface area contributed by atoms with Gasteiger partial charge in [0.15, 0.2) is 5.82 Å². The van der Waals surface area contributed by atoms with Crippen molar-refractivity contribution in [1.29, 1.82) is 0 Å². The normalized spacial score (nSPS) is 12.3. The summed E-state index contributed by atoms with van der Waals surface area (Å²) in [7, 11) is 1.68. The van der Waals surface area contributed by atoms with Gasteiger partial charge in [0.1, 0.15) is 5.76 Å². The summed E-state index contributed by atoms with van der Waals surface area (Å²) in [4.78, 5) is 13.5. The van der Waals surface area contributed by atoms with Crippen molar-refractivity contribution in [3.63, 3.8) is 0 Å². The molecule has 1 aromatic rings. The van der Waals surface area contributed by atoms with Crippen molar-refractivity contribution in [2.75, 3.05) is 25.5 Å². The highest BCUT2D eigenvalue weighted by molar-refractivity contribution is 5.88. The first kappa shape index (κ1) is 16.5. The van der Waals surface area contributed by atoms with Gasteiger partial charge in [0, 0.05) is 37.1 Å². The molecule has 20 heavy (non-hydrogen) atoms. The molecule has 0 aliphatic rings. The highest BCUT2D eigenvalue weighted by atomic mass is 16.5. The zero-order valence-electron chi connectivity index (χ0n) is 13.1. The maximum atomic E-state index is 12.0. The van der Waals surface area contributed by atoms with E-state index in [1.165, 1.54) is 4.90 Å². The molecule has 2 N–H and O–H groups in total. The minimum absolute atomic E-state index is 0.0166. The van der Waals surface area contributed by atoms with Gasteiger partial charge in [-0.15, -0.1) is 0 Å². The Hall–Kier alpha value is -1.56. The fourth-order valence-corrected chi connectivity index (χ4v) is 1.66. The smallest absolute Gasteiger partial charge is 0.322 e. The van der Waals surface area contributed by atoms with Crippen LogP contribution in [0.5, 0.6) is 0 Å². The number of aliphatic hydroxyl groups is 1. The van der Waals surface area contributed by atoms with Crippen molar-refractivity contribution in [2.24, 2.45) is 5.41 Å². The first-order valence-electron chi connectivity index (χ1n) is 6.65. The molecule has 1 aromatic heterocycles. The molecule has 0 aliphatic heterocycles. The number of anilines is 1. The van der Waals surface area contributed by atoms with E-state index in [2.05, 4.69) is 10.5 Å². The van der Waals surface area contributed by atoms with Crippen LogP contribution < -0.4 is 5.32 Å².